The predicted molar refractivity (Wildman–Crippen MR) is 88.6 cm³/mol. The average molecular weight is 295 g/mol. The molecule has 0 spiro atoms. The van der Waals surface area contributed by atoms with E-state index in [4.69, 9.17) is 4.42 Å². The lowest BCUT2D eigenvalue weighted by Gasteiger charge is -2.17. The van der Waals surface area contributed by atoms with Crippen molar-refractivity contribution in [3.63, 3.8) is 0 Å². The van der Waals surface area contributed by atoms with Crippen LogP contribution in [0.3, 0.4) is 0 Å². The minimum atomic E-state index is -0.351. The molecule has 0 unspecified atom stereocenters. The number of benzene rings is 2. The molecule has 4 heteroatoms. The monoisotopic (exact) mass is 295 g/mol. The Balaban J connectivity index is 1.74. The first-order valence-corrected chi connectivity index (χ1v) is 7.17. The zero-order chi connectivity index (χ0) is 15.4. The summed E-state index contributed by atoms with van der Waals surface area (Å²) < 4.78 is 18.0. The van der Waals surface area contributed by atoms with E-state index in [0.29, 0.717) is 12.4 Å². The Hall–Kier alpha value is -2.62. The van der Waals surface area contributed by atoms with E-state index >= 15 is 0 Å². The molecule has 0 aliphatic carbocycles. The van der Waals surface area contributed by atoms with Gasteiger partial charge in [-0.15, -0.1) is 0 Å². The van der Waals surface area contributed by atoms with Crippen molar-refractivity contribution >= 4 is 28.9 Å². The van der Waals surface area contributed by atoms with Gasteiger partial charge in [-0.2, -0.15) is 0 Å². The van der Waals surface area contributed by atoms with Crippen LogP contribution in [0.25, 0.3) is 23.3 Å². The number of alkyl halides is 1. The van der Waals surface area contributed by atoms with Crippen LogP contribution in [0.5, 0.6) is 0 Å². The third kappa shape index (κ3) is 3.17. The van der Waals surface area contributed by atoms with Gasteiger partial charge in [0.15, 0.2) is 5.58 Å². The number of fused-ring (bicyclic) bond motifs is 1. The summed E-state index contributed by atoms with van der Waals surface area (Å²) in [5, 5.41) is 0. The van der Waals surface area contributed by atoms with E-state index in [0.717, 1.165) is 22.4 Å². The smallest absolute Gasteiger partial charge is 0.220 e. The molecule has 0 aliphatic rings. The Morgan fingerprint density at radius 2 is 1.86 bits per heavy atom. The fourth-order valence-electron chi connectivity index (χ4n) is 2.22. The number of hydrogen-bond donors (Lipinski definition) is 0. The second-order valence-corrected chi connectivity index (χ2v) is 5.06. The van der Waals surface area contributed by atoms with Crippen LogP contribution in [0, 0.1) is 0 Å². The van der Waals surface area contributed by atoms with Gasteiger partial charge in [-0.3, -0.25) is 0 Å². The van der Waals surface area contributed by atoms with Gasteiger partial charge in [0.1, 0.15) is 12.2 Å². The third-order valence-corrected chi connectivity index (χ3v) is 3.48. The number of oxazole rings is 1. The van der Waals surface area contributed by atoms with E-state index in [-0.39, 0.29) is 6.67 Å². The molecule has 112 valence electrons. The molecular formula is C18H17FN2O. The molecule has 0 fully saturated rings. The zero-order valence-corrected chi connectivity index (χ0v) is 12.4. The molecule has 1 aromatic heterocycles. The molecule has 0 bridgehead atoms. The van der Waals surface area contributed by atoms with Gasteiger partial charge in [0.05, 0.1) is 0 Å². The maximum atomic E-state index is 12.3. The van der Waals surface area contributed by atoms with Gasteiger partial charge in [-0.1, -0.05) is 24.3 Å². The molecule has 1 heterocycles. The fraction of sp³-hybridized carbons (Fsp3) is 0.167. The molecule has 0 N–H and O–H groups in total. The predicted octanol–water partition coefficient (Wildman–Crippen LogP) is 4.40. The van der Waals surface area contributed by atoms with Gasteiger partial charge in [0.25, 0.3) is 0 Å². The van der Waals surface area contributed by atoms with Crippen molar-refractivity contribution < 1.29 is 8.81 Å². The first-order chi connectivity index (χ1) is 10.8. The van der Waals surface area contributed by atoms with Crippen LogP contribution in [-0.4, -0.2) is 25.3 Å². The molecule has 0 radical (unpaired) electrons. The van der Waals surface area contributed by atoms with Gasteiger partial charge >= 0.3 is 0 Å². The molecule has 3 nitrogen and oxygen atoms in total. The Morgan fingerprint density at radius 1 is 1.09 bits per heavy atom. The standard InChI is InChI=1S/C18H17FN2O/c1-21(13-12-19)15-9-6-14(7-10-15)8-11-18-20-16-4-2-3-5-17(16)22-18/h2-11H,12-13H2,1H3/b11-8+/i19-1. The minimum Gasteiger partial charge on any atom is -0.437 e. The van der Waals surface area contributed by atoms with Gasteiger partial charge in [0, 0.05) is 25.4 Å². The highest BCUT2D eigenvalue weighted by molar-refractivity contribution is 5.76. The maximum Gasteiger partial charge on any atom is 0.220 e. The maximum absolute atomic E-state index is 12.3. The highest BCUT2D eigenvalue weighted by Gasteiger charge is 2.02. The molecule has 22 heavy (non-hydrogen) atoms. The highest BCUT2D eigenvalue weighted by Crippen LogP contribution is 2.18. The summed E-state index contributed by atoms with van der Waals surface area (Å²) in [7, 11) is 1.88. The zero-order valence-electron chi connectivity index (χ0n) is 12.4. The summed E-state index contributed by atoms with van der Waals surface area (Å²) in [4.78, 5) is 6.28. The lowest BCUT2D eigenvalue weighted by atomic mass is 10.2. The first kappa shape index (κ1) is 14.3. The molecule has 0 aliphatic heterocycles. The van der Waals surface area contributed by atoms with Crippen molar-refractivity contribution in [1.29, 1.82) is 0 Å². The molecule has 2 aromatic carbocycles. The van der Waals surface area contributed by atoms with Crippen LogP contribution in [0.2, 0.25) is 0 Å². The average Bonchev–Trinajstić information content (AvgIpc) is 2.96. The van der Waals surface area contributed by atoms with Gasteiger partial charge in [0.2, 0.25) is 5.89 Å². The molecule has 0 saturated carbocycles. The topological polar surface area (TPSA) is 29.3 Å². The third-order valence-electron chi connectivity index (χ3n) is 3.48. The highest BCUT2D eigenvalue weighted by atomic mass is 18.2. The molecule has 0 amide bonds. The van der Waals surface area contributed by atoms with Crippen LogP contribution < -0.4 is 4.90 Å². The Labute approximate surface area is 128 Å². The van der Waals surface area contributed by atoms with Crippen molar-refractivity contribution in [2.75, 3.05) is 25.2 Å². The number of para-hydroxylation sites is 2. The number of rotatable bonds is 5. The largest absolute Gasteiger partial charge is 0.437 e. The molecule has 3 aromatic rings. The number of halogens is 1. The van der Waals surface area contributed by atoms with Crippen LogP contribution >= 0.6 is 0 Å². The van der Waals surface area contributed by atoms with Crippen molar-refractivity contribution in [2.24, 2.45) is 0 Å². The Kier molecular flexibility index (Phi) is 4.19. The van der Waals surface area contributed by atoms with E-state index in [1.165, 1.54) is 0 Å². The number of hydrogen-bond acceptors (Lipinski definition) is 3. The minimum absolute atomic E-state index is 0.351. The lowest BCUT2D eigenvalue weighted by molar-refractivity contribution is 0.497. The van der Waals surface area contributed by atoms with Crippen LogP contribution in [0.4, 0.5) is 10.1 Å². The van der Waals surface area contributed by atoms with Gasteiger partial charge < -0.3 is 9.32 Å². The SMILES string of the molecule is CN(CC[18F])c1ccc(/C=C/c2nc3ccccc3o2)cc1. The lowest BCUT2D eigenvalue weighted by Crippen LogP contribution is -2.19. The number of aromatic nitrogens is 1. The fourth-order valence-corrected chi connectivity index (χ4v) is 2.22. The van der Waals surface area contributed by atoms with Crippen molar-refractivity contribution in [3.05, 3.63) is 60.0 Å². The van der Waals surface area contributed by atoms with E-state index in [9.17, 15) is 4.39 Å². The van der Waals surface area contributed by atoms with E-state index in [1.54, 1.807) is 0 Å². The normalized spacial score (nSPS) is 11.4. The summed E-state index contributed by atoms with van der Waals surface area (Å²) >= 11 is 0. The van der Waals surface area contributed by atoms with E-state index in [2.05, 4.69) is 4.98 Å². The first-order valence-electron chi connectivity index (χ1n) is 7.17. The molecule has 0 saturated heterocycles. The van der Waals surface area contributed by atoms with Crippen LogP contribution in [-0.2, 0) is 0 Å². The number of anilines is 1. The summed E-state index contributed by atoms with van der Waals surface area (Å²) in [5.41, 5.74) is 3.67. The molecular weight excluding hydrogens is 278 g/mol. The van der Waals surface area contributed by atoms with E-state index < -0.39 is 0 Å². The van der Waals surface area contributed by atoms with Crippen LogP contribution in [0.15, 0.2) is 52.9 Å². The summed E-state index contributed by atoms with van der Waals surface area (Å²) in [5.74, 6) is 0.583. The van der Waals surface area contributed by atoms with Crippen LogP contribution in [0.1, 0.15) is 11.5 Å². The summed E-state index contributed by atoms with van der Waals surface area (Å²) in [6.07, 6.45) is 3.80. The summed E-state index contributed by atoms with van der Waals surface area (Å²) in [6, 6.07) is 15.6. The van der Waals surface area contributed by atoms with Gasteiger partial charge in [-0.25, -0.2) is 9.37 Å². The van der Waals surface area contributed by atoms with Crippen molar-refractivity contribution in [1.82, 2.24) is 4.98 Å². The summed E-state index contributed by atoms with van der Waals surface area (Å²) in [6.45, 7) is 0.0496. The van der Waals surface area contributed by atoms with Gasteiger partial charge in [-0.05, 0) is 35.9 Å². The molecule has 3 rings (SSSR count). The molecule has 0 atom stereocenters. The second-order valence-electron chi connectivity index (χ2n) is 5.06. The Bertz CT molecular complexity index is 744. The van der Waals surface area contributed by atoms with Crippen molar-refractivity contribution in [3.8, 4) is 0 Å². The van der Waals surface area contributed by atoms with E-state index in [1.807, 2.05) is 72.6 Å². The van der Waals surface area contributed by atoms with Crippen molar-refractivity contribution in [2.45, 2.75) is 0 Å². The number of nitrogens with zero attached hydrogens (tertiary/aromatic N) is 2. The quantitative estimate of drug-likeness (QED) is 0.698. The second kappa shape index (κ2) is 6.43. The Morgan fingerprint density at radius 3 is 2.59 bits per heavy atom.